The fourth-order valence-electron chi connectivity index (χ4n) is 0. The second-order valence-corrected chi connectivity index (χ2v) is 1.90. The van der Waals surface area contributed by atoms with Gasteiger partial charge in [-0.05, 0) is 0 Å². The zero-order chi connectivity index (χ0) is 5.15. The van der Waals surface area contributed by atoms with Crippen LogP contribution in [0.15, 0.2) is 0 Å². The summed E-state index contributed by atoms with van der Waals surface area (Å²) < 4.78 is 0. The molecule has 0 aromatic heterocycles. The Balaban J connectivity index is 3.26. The number of hydrogen-bond donors (Lipinski definition) is 0. The first-order valence-corrected chi connectivity index (χ1v) is 2.23. The van der Waals surface area contributed by atoms with Crippen molar-refractivity contribution < 1.29 is 0 Å². The van der Waals surface area contributed by atoms with E-state index in [1.165, 1.54) is 0 Å². The van der Waals surface area contributed by atoms with Crippen molar-refractivity contribution in [1.29, 1.82) is 0 Å². The molecule has 0 nitrogen and oxygen atoms in total. The molecule has 0 saturated heterocycles. The van der Waals surface area contributed by atoms with E-state index in [0.717, 1.165) is 5.46 Å². The first-order chi connectivity index (χ1) is 2.64. The second kappa shape index (κ2) is 2.17. The van der Waals surface area contributed by atoms with E-state index in [0.29, 0.717) is 5.92 Å². The van der Waals surface area contributed by atoms with Gasteiger partial charge in [0, 0.05) is 0 Å². The van der Waals surface area contributed by atoms with Crippen LogP contribution in [0.4, 0.5) is 0 Å². The molecule has 0 aromatic rings. The third kappa shape index (κ3) is 2.19. The molecule has 0 saturated carbocycles. The standard InChI is InChI=1S/C5H10B/c1-4(2)5(3)6/h4H,1-3H3. The molecular formula is C5H10B. The van der Waals surface area contributed by atoms with Gasteiger partial charge < -0.3 is 0 Å². The maximum absolute atomic E-state index is 5.35. The molecule has 1 heteroatoms. The minimum atomic E-state index is 0.546. The Morgan fingerprint density at radius 2 is 1.67 bits per heavy atom. The van der Waals surface area contributed by atoms with Crippen LogP contribution in [0.25, 0.3) is 0 Å². The van der Waals surface area contributed by atoms with Crippen molar-refractivity contribution >= 4 is 13.0 Å². The zero-order valence-corrected chi connectivity index (χ0v) is 4.65. The summed E-state index contributed by atoms with van der Waals surface area (Å²) in [6, 6.07) is 0. The Hall–Kier alpha value is -0.0651. The molecule has 0 aromatic carbocycles. The molecule has 0 N–H and O–H groups in total. The fraction of sp³-hybridized carbons (Fsp3) is 0.800. The van der Waals surface area contributed by atoms with E-state index in [2.05, 4.69) is 13.8 Å². The normalized spacial score (nSPS) is 9.17. The van der Waals surface area contributed by atoms with E-state index >= 15 is 0 Å². The van der Waals surface area contributed by atoms with Crippen LogP contribution in [-0.2, 0) is 0 Å². The van der Waals surface area contributed by atoms with Crippen molar-refractivity contribution in [2.45, 2.75) is 20.8 Å². The molecule has 0 aliphatic heterocycles. The van der Waals surface area contributed by atoms with Crippen molar-refractivity contribution in [1.82, 2.24) is 0 Å². The molecule has 0 rings (SSSR count). The maximum atomic E-state index is 5.35. The zero-order valence-electron chi connectivity index (χ0n) is 4.65. The summed E-state index contributed by atoms with van der Waals surface area (Å²) in [6.45, 7) is 6.09. The van der Waals surface area contributed by atoms with Gasteiger partial charge in [0.1, 0.15) is 0 Å². The first kappa shape index (κ1) is 5.93. The van der Waals surface area contributed by atoms with Crippen LogP contribution in [0.1, 0.15) is 20.8 Å². The predicted molar refractivity (Wildman–Crippen MR) is 31.3 cm³/mol. The van der Waals surface area contributed by atoms with Gasteiger partial charge in [0.2, 0.25) is 0 Å². The second-order valence-electron chi connectivity index (χ2n) is 1.90. The van der Waals surface area contributed by atoms with E-state index in [-0.39, 0.29) is 0 Å². The van der Waals surface area contributed by atoms with Crippen molar-refractivity contribution in [3.8, 4) is 0 Å². The van der Waals surface area contributed by atoms with Crippen LogP contribution in [0.3, 0.4) is 0 Å². The average Bonchev–Trinajstić information content (AvgIpc) is 1.36. The molecule has 0 atom stereocenters. The molecular weight excluding hydrogens is 70.9 g/mol. The summed E-state index contributed by atoms with van der Waals surface area (Å²) in [5.74, 6) is 0.546. The summed E-state index contributed by atoms with van der Waals surface area (Å²) in [7, 11) is 5.35. The van der Waals surface area contributed by atoms with Crippen molar-refractivity contribution in [2.24, 2.45) is 5.92 Å². The Morgan fingerprint density at radius 1 is 1.50 bits per heavy atom. The van der Waals surface area contributed by atoms with Gasteiger partial charge in [0.15, 0.2) is 0 Å². The summed E-state index contributed by atoms with van der Waals surface area (Å²) in [5.41, 5.74) is 1.01. The van der Waals surface area contributed by atoms with Gasteiger partial charge in [0.05, 0.1) is 0 Å². The number of hydrogen-bond acceptors (Lipinski definition) is 0. The molecule has 0 spiro atoms. The molecule has 0 fully saturated rings. The summed E-state index contributed by atoms with van der Waals surface area (Å²) in [6.07, 6.45) is 0. The Labute approximate surface area is 40.6 Å². The van der Waals surface area contributed by atoms with Gasteiger partial charge in [-0.3, -0.25) is 0 Å². The van der Waals surface area contributed by atoms with Gasteiger partial charge in [-0.25, -0.2) is 0 Å². The quantitative estimate of drug-likeness (QED) is 0.413. The van der Waals surface area contributed by atoms with Crippen molar-refractivity contribution in [3.63, 3.8) is 0 Å². The average molecular weight is 80.9 g/mol. The molecule has 33 valence electrons. The van der Waals surface area contributed by atoms with Crippen LogP contribution < -0.4 is 0 Å². The first-order valence-electron chi connectivity index (χ1n) is 2.23. The molecule has 0 unspecified atom stereocenters. The summed E-state index contributed by atoms with van der Waals surface area (Å²) >= 11 is 0. The van der Waals surface area contributed by atoms with Gasteiger partial charge in [0.25, 0.3) is 0 Å². The SMILES string of the molecule is [B]=C(C)C(C)C. The summed E-state index contributed by atoms with van der Waals surface area (Å²) in [5, 5.41) is 0. The van der Waals surface area contributed by atoms with Crippen molar-refractivity contribution in [3.05, 3.63) is 0 Å². The van der Waals surface area contributed by atoms with Crippen LogP contribution >= 0.6 is 0 Å². The molecule has 0 bridgehead atoms. The fourth-order valence-corrected chi connectivity index (χ4v) is 0. The molecule has 0 amide bonds. The topological polar surface area (TPSA) is 0 Å². The molecule has 0 heterocycles. The van der Waals surface area contributed by atoms with Crippen LogP contribution in [0, 0.1) is 5.92 Å². The van der Waals surface area contributed by atoms with E-state index in [1.54, 1.807) is 0 Å². The van der Waals surface area contributed by atoms with E-state index in [9.17, 15) is 0 Å². The molecule has 1 radical (unpaired) electrons. The third-order valence-electron chi connectivity index (χ3n) is 0.911. The molecule has 6 heavy (non-hydrogen) atoms. The van der Waals surface area contributed by atoms with Gasteiger partial charge >= 0.3 is 39.6 Å². The van der Waals surface area contributed by atoms with Crippen LogP contribution in [-0.4, -0.2) is 13.0 Å². The van der Waals surface area contributed by atoms with Crippen LogP contribution in [0.2, 0.25) is 0 Å². The number of rotatable bonds is 1. The Kier molecular flexibility index (Phi) is 2.15. The van der Waals surface area contributed by atoms with Gasteiger partial charge in [-0.15, -0.1) is 0 Å². The Morgan fingerprint density at radius 3 is 1.67 bits per heavy atom. The Bertz CT molecular complexity index is 55.0. The van der Waals surface area contributed by atoms with Crippen molar-refractivity contribution in [2.75, 3.05) is 0 Å². The molecule has 0 aliphatic rings. The minimum absolute atomic E-state index is 0.546. The van der Waals surface area contributed by atoms with Gasteiger partial charge in [-0.1, -0.05) is 0 Å². The van der Waals surface area contributed by atoms with E-state index in [1.807, 2.05) is 6.92 Å². The monoisotopic (exact) mass is 81.1 g/mol. The summed E-state index contributed by atoms with van der Waals surface area (Å²) in [4.78, 5) is 0. The van der Waals surface area contributed by atoms with E-state index in [4.69, 9.17) is 7.49 Å². The van der Waals surface area contributed by atoms with Crippen LogP contribution in [0.5, 0.6) is 0 Å². The van der Waals surface area contributed by atoms with Gasteiger partial charge in [-0.2, -0.15) is 0 Å². The molecule has 0 aliphatic carbocycles. The predicted octanol–water partition coefficient (Wildman–Crippen LogP) is 1.00. The van der Waals surface area contributed by atoms with E-state index < -0.39 is 0 Å². The third-order valence-corrected chi connectivity index (χ3v) is 0.911.